The molecule has 2 fully saturated rings. The summed E-state index contributed by atoms with van der Waals surface area (Å²) in [5.74, 6) is -6.16. The largest absolute Gasteiger partial charge is 0.503 e. The molecule has 2 amide bonds. The highest BCUT2D eigenvalue weighted by atomic mass is 19.1. The van der Waals surface area contributed by atoms with Crippen LogP contribution in [0.2, 0.25) is 0 Å². The minimum absolute atomic E-state index is 0.161. The molecule has 1 unspecified atom stereocenters. The number of hydrogen-bond acceptors (Lipinski definition) is 6. The van der Waals surface area contributed by atoms with Crippen molar-refractivity contribution in [1.29, 1.82) is 0 Å². The van der Waals surface area contributed by atoms with E-state index < -0.39 is 82.0 Å². The van der Waals surface area contributed by atoms with E-state index in [1.54, 1.807) is 0 Å². The van der Waals surface area contributed by atoms with E-state index in [1.807, 2.05) is 6.92 Å². The Kier molecular flexibility index (Phi) is 6.46. The average Bonchev–Trinajstić information content (AvgIpc) is 3.09. The summed E-state index contributed by atoms with van der Waals surface area (Å²) in [5.41, 5.74) is -1.33. The van der Waals surface area contributed by atoms with Crippen LogP contribution in [0.1, 0.15) is 65.1 Å². The van der Waals surface area contributed by atoms with Crippen molar-refractivity contribution in [2.24, 2.45) is 0 Å². The first-order valence-electron chi connectivity index (χ1n) is 12.2. The van der Waals surface area contributed by atoms with E-state index in [2.05, 4.69) is 10.8 Å². The molecule has 4 heterocycles. The van der Waals surface area contributed by atoms with E-state index in [0.717, 1.165) is 6.20 Å². The molecule has 13 heteroatoms. The van der Waals surface area contributed by atoms with Crippen molar-refractivity contribution in [3.63, 3.8) is 0 Å². The standard InChI is InChI=1S/C25H26F4N4O5/c1-24(4-5-26)12-25(38-31-24)3-2-6-32-11-18(25)33-10-15(20(34)21(35)19(33)23(32)37)22(36)30-9-14-16(28)7-13(27)8-17(14)29/h7-8,10,18,31,35H,2-6,9,11-12H2,1H3,(H,30,36)/t18-,24?,25+/m1/s1. The van der Waals surface area contributed by atoms with E-state index >= 15 is 0 Å². The maximum Gasteiger partial charge on any atom is 0.274 e. The van der Waals surface area contributed by atoms with Crippen molar-refractivity contribution in [2.45, 2.75) is 56.3 Å². The third kappa shape index (κ3) is 4.23. The van der Waals surface area contributed by atoms with Gasteiger partial charge in [0.15, 0.2) is 11.4 Å². The normalized spacial score (nSPS) is 26.4. The zero-order valence-corrected chi connectivity index (χ0v) is 20.5. The summed E-state index contributed by atoms with van der Waals surface area (Å²) in [7, 11) is 0. The van der Waals surface area contributed by atoms with Crippen LogP contribution in [0.5, 0.6) is 5.75 Å². The molecule has 38 heavy (non-hydrogen) atoms. The summed E-state index contributed by atoms with van der Waals surface area (Å²) in [5, 5.41) is 13.0. The topological polar surface area (TPSA) is 113 Å². The smallest absolute Gasteiger partial charge is 0.274 e. The van der Waals surface area contributed by atoms with Crippen LogP contribution in [-0.4, -0.2) is 57.3 Å². The number of alkyl halides is 1. The van der Waals surface area contributed by atoms with Crippen LogP contribution >= 0.6 is 0 Å². The maximum atomic E-state index is 14.0. The van der Waals surface area contributed by atoms with Gasteiger partial charge < -0.3 is 19.9 Å². The zero-order chi connectivity index (χ0) is 27.4. The molecule has 1 aromatic carbocycles. The number of carbonyl (C=O) groups excluding carboxylic acids is 2. The van der Waals surface area contributed by atoms with Crippen LogP contribution in [0.15, 0.2) is 23.1 Å². The van der Waals surface area contributed by atoms with Gasteiger partial charge in [0.25, 0.3) is 11.8 Å². The molecule has 0 saturated carbocycles. The Balaban J connectivity index is 1.53. The minimum atomic E-state index is -1.22. The third-order valence-corrected chi connectivity index (χ3v) is 7.68. The van der Waals surface area contributed by atoms with Gasteiger partial charge in [0.2, 0.25) is 5.43 Å². The first-order valence-corrected chi connectivity index (χ1v) is 12.2. The molecule has 2 bridgehead atoms. The summed E-state index contributed by atoms with van der Waals surface area (Å²) in [6, 6.07) is 0.273. The lowest BCUT2D eigenvalue weighted by atomic mass is 9.78. The van der Waals surface area contributed by atoms with E-state index in [4.69, 9.17) is 4.84 Å². The molecule has 2 aromatic rings. The number of hydrogen-bond donors (Lipinski definition) is 3. The highest BCUT2D eigenvalue weighted by Gasteiger charge is 2.56. The van der Waals surface area contributed by atoms with Gasteiger partial charge in [-0.1, -0.05) is 0 Å². The lowest BCUT2D eigenvalue weighted by molar-refractivity contribution is -0.0967. The third-order valence-electron chi connectivity index (χ3n) is 7.68. The number of fused-ring (bicyclic) bond motifs is 5. The quantitative estimate of drug-likeness (QED) is 0.505. The first-order chi connectivity index (χ1) is 18.0. The fourth-order valence-electron chi connectivity index (χ4n) is 5.75. The molecule has 2 saturated heterocycles. The number of rotatable bonds is 5. The summed E-state index contributed by atoms with van der Waals surface area (Å²) < 4.78 is 55.8. The van der Waals surface area contributed by atoms with Crippen molar-refractivity contribution >= 4 is 11.8 Å². The SMILES string of the molecule is CC1(CCF)C[C@]2(CCCN3C[C@H]2n2cc(C(=O)NCc4c(F)cc(F)cc4F)c(=O)c(O)c2C3=O)ON1. The molecule has 5 rings (SSSR count). The number of aromatic nitrogens is 1. The number of amides is 2. The number of pyridine rings is 1. The molecule has 204 valence electrons. The Bertz CT molecular complexity index is 1360. The van der Waals surface area contributed by atoms with Gasteiger partial charge in [-0.2, -0.15) is 5.48 Å². The molecule has 0 aliphatic carbocycles. The highest BCUT2D eigenvalue weighted by Crippen LogP contribution is 2.47. The van der Waals surface area contributed by atoms with Crippen molar-refractivity contribution < 1.29 is 37.1 Å². The van der Waals surface area contributed by atoms with Gasteiger partial charge in [-0.25, -0.2) is 13.2 Å². The predicted octanol–water partition coefficient (Wildman–Crippen LogP) is 2.47. The number of aromatic hydroxyl groups is 1. The molecule has 3 aliphatic rings. The van der Waals surface area contributed by atoms with Gasteiger partial charge in [0.1, 0.15) is 28.6 Å². The number of carbonyl (C=O) groups is 2. The fourth-order valence-corrected chi connectivity index (χ4v) is 5.75. The van der Waals surface area contributed by atoms with Gasteiger partial charge in [0.05, 0.1) is 12.7 Å². The van der Waals surface area contributed by atoms with Crippen molar-refractivity contribution in [1.82, 2.24) is 20.3 Å². The molecule has 3 aliphatic heterocycles. The predicted molar refractivity (Wildman–Crippen MR) is 125 cm³/mol. The fraction of sp³-hybridized carbons (Fsp3) is 0.480. The van der Waals surface area contributed by atoms with Gasteiger partial charge >= 0.3 is 0 Å². The summed E-state index contributed by atoms with van der Waals surface area (Å²) in [4.78, 5) is 46.6. The van der Waals surface area contributed by atoms with E-state index in [9.17, 15) is 37.1 Å². The van der Waals surface area contributed by atoms with Crippen molar-refractivity contribution in [2.75, 3.05) is 19.8 Å². The molecule has 1 aromatic heterocycles. The molecule has 9 nitrogen and oxygen atoms in total. The Morgan fingerprint density at radius 3 is 2.66 bits per heavy atom. The Hall–Kier alpha value is -3.45. The van der Waals surface area contributed by atoms with E-state index in [1.165, 1.54) is 9.47 Å². The Morgan fingerprint density at radius 1 is 1.26 bits per heavy atom. The van der Waals surface area contributed by atoms with Gasteiger partial charge in [-0.3, -0.25) is 23.6 Å². The molecule has 3 atom stereocenters. The van der Waals surface area contributed by atoms with Gasteiger partial charge in [0, 0.05) is 55.5 Å². The van der Waals surface area contributed by atoms with Gasteiger partial charge in [-0.15, -0.1) is 0 Å². The summed E-state index contributed by atoms with van der Waals surface area (Å²) in [6.07, 6.45) is 2.71. The van der Waals surface area contributed by atoms with E-state index in [-0.39, 0.29) is 18.7 Å². The Morgan fingerprint density at radius 2 is 1.97 bits per heavy atom. The molecule has 0 radical (unpaired) electrons. The summed E-state index contributed by atoms with van der Waals surface area (Å²) in [6.45, 7) is 1.04. The monoisotopic (exact) mass is 538 g/mol. The van der Waals surface area contributed by atoms with Gasteiger partial charge in [-0.05, 0) is 26.2 Å². The van der Waals surface area contributed by atoms with Crippen LogP contribution in [0.4, 0.5) is 17.6 Å². The zero-order valence-electron chi connectivity index (χ0n) is 20.5. The lowest BCUT2D eigenvalue weighted by Crippen LogP contribution is -2.51. The number of nitrogens with zero attached hydrogens (tertiary/aromatic N) is 2. The summed E-state index contributed by atoms with van der Waals surface area (Å²) >= 11 is 0. The molecule has 3 N–H and O–H groups in total. The van der Waals surface area contributed by atoms with Crippen molar-refractivity contribution in [3.05, 3.63) is 62.8 Å². The van der Waals surface area contributed by atoms with Crippen LogP contribution in [0, 0.1) is 17.5 Å². The lowest BCUT2D eigenvalue weighted by Gasteiger charge is -2.41. The number of benzene rings is 1. The second-order valence-corrected chi connectivity index (χ2v) is 10.3. The van der Waals surface area contributed by atoms with Crippen LogP contribution < -0.4 is 16.2 Å². The molecular weight excluding hydrogens is 512 g/mol. The molecule has 1 spiro atoms. The second kappa shape index (κ2) is 9.38. The number of hydroxylamine groups is 1. The number of halogens is 4. The Labute approximate surface area is 214 Å². The van der Waals surface area contributed by atoms with Crippen LogP contribution in [-0.2, 0) is 11.4 Å². The number of nitrogens with one attached hydrogen (secondary N) is 2. The highest BCUT2D eigenvalue weighted by molar-refractivity contribution is 5.99. The van der Waals surface area contributed by atoms with Crippen LogP contribution in [0.25, 0.3) is 0 Å². The molecular formula is C25H26F4N4O5. The van der Waals surface area contributed by atoms with Crippen LogP contribution in [0.3, 0.4) is 0 Å². The van der Waals surface area contributed by atoms with E-state index in [0.29, 0.717) is 37.9 Å². The van der Waals surface area contributed by atoms with Crippen molar-refractivity contribution in [3.8, 4) is 5.75 Å². The average molecular weight is 538 g/mol. The second-order valence-electron chi connectivity index (χ2n) is 10.3. The minimum Gasteiger partial charge on any atom is -0.503 e. The maximum absolute atomic E-state index is 14.0. The first kappa shape index (κ1) is 26.2.